The molecule has 1 N–H and O–H groups in total. The van der Waals surface area contributed by atoms with Gasteiger partial charge in [0.05, 0.1) is 5.56 Å². The zero-order chi connectivity index (χ0) is 18.5. The number of aromatic nitrogens is 1. The first-order valence-electron chi connectivity index (χ1n) is 8.33. The molecule has 134 valence electrons. The van der Waals surface area contributed by atoms with Gasteiger partial charge in [-0.05, 0) is 43.7 Å². The fourth-order valence-electron chi connectivity index (χ4n) is 2.67. The maximum absolute atomic E-state index is 12.0. The summed E-state index contributed by atoms with van der Waals surface area (Å²) in [6.07, 6.45) is 2.78. The Morgan fingerprint density at radius 1 is 1.27 bits per heavy atom. The number of pyridine rings is 1. The van der Waals surface area contributed by atoms with Crippen LogP contribution in [0.25, 0.3) is 0 Å². The maximum atomic E-state index is 12.0. The Balaban J connectivity index is 1.55. The van der Waals surface area contributed by atoms with E-state index in [-0.39, 0.29) is 11.5 Å². The molecule has 1 aliphatic rings. The molecule has 0 unspecified atom stereocenters. The van der Waals surface area contributed by atoms with E-state index >= 15 is 0 Å². The van der Waals surface area contributed by atoms with Crippen molar-refractivity contribution in [1.29, 1.82) is 0 Å². The minimum Gasteiger partial charge on any atom is -0.452 e. The lowest BCUT2D eigenvalue weighted by atomic mass is 10.2. The minimum atomic E-state index is -0.607. The van der Waals surface area contributed by atoms with Crippen molar-refractivity contribution < 1.29 is 19.1 Å². The number of carbonyl (C=O) groups excluding carboxylic acids is 3. The van der Waals surface area contributed by atoms with Crippen molar-refractivity contribution >= 4 is 29.2 Å². The molecule has 0 radical (unpaired) electrons. The predicted molar refractivity (Wildman–Crippen MR) is 95.9 cm³/mol. The molecule has 26 heavy (non-hydrogen) atoms. The topological polar surface area (TPSA) is 88.6 Å². The van der Waals surface area contributed by atoms with E-state index in [2.05, 4.69) is 10.3 Å². The number of aryl methyl sites for hydroxylation is 1. The number of benzene rings is 1. The van der Waals surface area contributed by atoms with E-state index in [0.29, 0.717) is 18.7 Å². The zero-order valence-corrected chi connectivity index (χ0v) is 14.4. The van der Waals surface area contributed by atoms with Crippen LogP contribution >= 0.6 is 0 Å². The van der Waals surface area contributed by atoms with Gasteiger partial charge in [-0.3, -0.25) is 14.6 Å². The van der Waals surface area contributed by atoms with Crippen LogP contribution in [0.4, 0.5) is 11.4 Å². The maximum Gasteiger partial charge on any atom is 0.340 e. The molecule has 1 aliphatic heterocycles. The molecule has 7 nitrogen and oxygen atoms in total. The first-order chi connectivity index (χ1) is 12.5. The number of carbonyl (C=O) groups is 3. The number of ether oxygens (including phenoxy) is 1. The van der Waals surface area contributed by atoms with E-state index in [4.69, 9.17) is 4.74 Å². The summed E-state index contributed by atoms with van der Waals surface area (Å²) < 4.78 is 4.99. The van der Waals surface area contributed by atoms with Crippen molar-refractivity contribution in [1.82, 2.24) is 4.98 Å². The van der Waals surface area contributed by atoms with Crippen molar-refractivity contribution in [3.05, 3.63) is 53.9 Å². The molecule has 0 bridgehead atoms. The Bertz CT molecular complexity index is 833. The van der Waals surface area contributed by atoms with Crippen LogP contribution in [0.1, 0.15) is 28.9 Å². The largest absolute Gasteiger partial charge is 0.452 e. The molecule has 1 fully saturated rings. The molecule has 7 heteroatoms. The van der Waals surface area contributed by atoms with Crippen LogP contribution in [0.3, 0.4) is 0 Å². The van der Waals surface area contributed by atoms with Crippen LogP contribution in [0.15, 0.2) is 42.6 Å². The van der Waals surface area contributed by atoms with Crippen molar-refractivity contribution in [2.75, 3.05) is 23.4 Å². The Hall–Kier alpha value is -3.22. The van der Waals surface area contributed by atoms with Gasteiger partial charge in [0, 0.05) is 36.2 Å². The fourth-order valence-corrected chi connectivity index (χ4v) is 2.67. The van der Waals surface area contributed by atoms with Crippen LogP contribution in [-0.2, 0) is 14.3 Å². The Kier molecular flexibility index (Phi) is 5.26. The van der Waals surface area contributed by atoms with E-state index in [1.54, 1.807) is 35.2 Å². The Morgan fingerprint density at radius 2 is 2.12 bits per heavy atom. The van der Waals surface area contributed by atoms with Gasteiger partial charge in [0.1, 0.15) is 0 Å². The number of amides is 2. The van der Waals surface area contributed by atoms with Crippen LogP contribution < -0.4 is 10.2 Å². The van der Waals surface area contributed by atoms with Crippen LogP contribution in [0, 0.1) is 6.92 Å². The number of hydrogen-bond donors (Lipinski definition) is 1. The SMILES string of the molecule is Cc1ccc(C(=O)OCC(=O)Nc2cccc(N3CCCC3=O)c2)cn1. The van der Waals surface area contributed by atoms with E-state index < -0.39 is 18.5 Å². The molecule has 2 aromatic rings. The molecule has 2 amide bonds. The highest BCUT2D eigenvalue weighted by atomic mass is 16.5. The molecule has 0 saturated carbocycles. The number of nitrogens with one attached hydrogen (secondary N) is 1. The summed E-state index contributed by atoms with van der Waals surface area (Å²) in [4.78, 5) is 41.4. The van der Waals surface area contributed by atoms with E-state index in [1.165, 1.54) is 6.20 Å². The van der Waals surface area contributed by atoms with Crippen LogP contribution in [0.5, 0.6) is 0 Å². The second-order valence-electron chi connectivity index (χ2n) is 6.01. The number of anilines is 2. The highest BCUT2D eigenvalue weighted by Gasteiger charge is 2.21. The van der Waals surface area contributed by atoms with Crippen molar-refractivity contribution in [2.45, 2.75) is 19.8 Å². The third-order valence-electron chi connectivity index (χ3n) is 4.00. The molecule has 1 aromatic heterocycles. The molecule has 3 rings (SSSR count). The third kappa shape index (κ3) is 4.24. The molecule has 0 atom stereocenters. The number of hydrogen-bond acceptors (Lipinski definition) is 5. The molecule has 2 heterocycles. The zero-order valence-electron chi connectivity index (χ0n) is 14.4. The minimum absolute atomic E-state index is 0.0779. The molecule has 1 aromatic carbocycles. The van der Waals surface area contributed by atoms with Gasteiger partial charge in [-0.25, -0.2) is 4.79 Å². The lowest BCUT2D eigenvalue weighted by Gasteiger charge is -2.16. The van der Waals surface area contributed by atoms with E-state index in [0.717, 1.165) is 17.8 Å². The molecule has 0 spiro atoms. The van der Waals surface area contributed by atoms with Gasteiger partial charge in [-0.1, -0.05) is 6.07 Å². The average molecular weight is 353 g/mol. The summed E-state index contributed by atoms with van der Waals surface area (Å²) in [6.45, 7) is 2.09. The van der Waals surface area contributed by atoms with Gasteiger partial charge in [0.2, 0.25) is 5.91 Å². The van der Waals surface area contributed by atoms with Gasteiger partial charge < -0.3 is 15.0 Å². The Morgan fingerprint density at radius 3 is 2.81 bits per heavy atom. The van der Waals surface area contributed by atoms with Crippen LogP contribution in [0.2, 0.25) is 0 Å². The first kappa shape index (κ1) is 17.6. The fraction of sp³-hybridized carbons (Fsp3) is 0.263. The standard InChI is InChI=1S/C19H19N3O4/c1-13-7-8-14(11-20-13)19(25)26-12-17(23)21-15-4-2-5-16(10-15)22-9-3-6-18(22)24/h2,4-5,7-8,10-11H,3,6,9,12H2,1H3,(H,21,23). The lowest BCUT2D eigenvalue weighted by Crippen LogP contribution is -2.24. The second-order valence-corrected chi connectivity index (χ2v) is 6.01. The first-order valence-corrected chi connectivity index (χ1v) is 8.33. The quantitative estimate of drug-likeness (QED) is 0.833. The summed E-state index contributed by atoms with van der Waals surface area (Å²) >= 11 is 0. The molecular weight excluding hydrogens is 334 g/mol. The smallest absolute Gasteiger partial charge is 0.340 e. The number of nitrogens with zero attached hydrogens (tertiary/aromatic N) is 2. The van der Waals surface area contributed by atoms with Gasteiger partial charge >= 0.3 is 5.97 Å². The summed E-state index contributed by atoms with van der Waals surface area (Å²) in [5.74, 6) is -0.985. The monoisotopic (exact) mass is 353 g/mol. The molecule has 0 aliphatic carbocycles. The van der Waals surface area contributed by atoms with Crippen LogP contribution in [-0.4, -0.2) is 35.9 Å². The normalized spacial score (nSPS) is 13.6. The Labute approximate surface area is 151 Å². The van der Waals surface area contributed by atoms with Gasteiger partial charge in [-0.2, -0.15) is 0 Å². The number of rotatable bonds is 5. The van der Waals surface area contributed by atoms with Gasteiger partial charge in [-0.15, -0.1) is 0 Å². The summed E-state index contributed by atoms with van der Waals surface area (Å²) in [7, 11) is 0. The van der Waals surface area contributed by atoms with Crippen molar-refractivity contribution in [3.8, 4) is 0 Å². The van der Waals surface area contributed by atoms with Gasteiger partial charge in [0.15, 0.2) is 6.61 Å². The number of esters is 1. The summed E-state index contributed by atoms with van der Waals surface area (Å²) in [5, 5.41) is 2.67. The van der Waals surface area contributed by atoms with E-state index in [1.807, 2.05) is 13.0 Å². The lowest BCUT2D eigenvalue weighted by molar-refractivity contribution is -0.119. The molecular formula is C19H19N3O4. The molecule has 1 saturated heterocycles. The third-order valence-corrected chi connectivity index (χ3v) is 4.00. The highest BCUT2D eigenvalue weighted by molar-refractivity contribution is 5.98. The second kappa shape index (κ2) is 7.77. The average Bonchev–Trinajstić information content (AvgIpc) is 3.06. The van der Waals surface area contributed by atoms with Crippen molar-refractivity contribution in [3.63, 3.8) is 0 Å². The van der Waals surface area contributed by atoms with E-state index in [9.17, 15) is 14.4 Å². The summed E-state index contributed by atoms with van der Waals surface area (Å²) in [6, 6.07) is 10.3. The highest BCUT2D eigenvalue weighted by Crippen LogP contribution is 2.24. The summed E-state index contributed by atoms with van der Waals surface area (Å²) in [5.41, 5.74) is 2.36. The van der Waals surface area contributed by atoms with Gasteiger partial charge in [0.25, 0.3) is 5.91 Å². The van der Waals surface area contributed by atoms with Crippen molar-refractivity contribution in [2.24, 2.45) is 0 Å². The predicted octanol–water partition coefficient (Wildman–Crippen LogP) is 2.31.